The van der Waals surface area contributed by atoms with Gasteiger partial charge in [0.25, 0.3) is 11.8 Å². The van der Waals surface area contributed by atoms with E-state index in [4.69, 9.17) is 0 Å². The van der Waals surface area contributed by atoms with Crippen LogP contribution in [0.15, 0.2) is 42.7 Å². The van der Waals surface area contributed by atoms with Crippen LogP contribution in [0.1, 0.15) is 27.1 Å². The summed E-state index contributed by atoms with van der Waals surface area (Å²) in [6, 6.07) is 6.88. The van der Waals surface area contributed by atoms with Gasteiger partial charge in [0.2, 0.25) is 0 Å². The number of fused-ring (bicyclic) bond motifs is 1. The van der Waals surface area contributed by atoms with Gasteiger partial charge >= 0.3 is 0 Å². The van der Waals surface area contributed by atoms with E-state index in [1.807, 2.05) is 0 Å². The molecule has 0 saturated carbocycles. The second kappa shape index (κ2) is 4.17. The third-order valence-corrected chi connectivity index (χ3v) is 2.52. The van der Waals surface area contributed by atoms with Crippen LogP contribution in [0.3, 0.4) is 0 Å². The molecular weight excluding hydrogens is 202 g/mol. The number of hydrogen-bond donors (Lipinski definition) is 0. The van der Waals surface area contributed by atoms with Crippen molar-refractivity contribution < 1.29 is 9.59 Å². The van der Waals surface area contributed by atoms with Gasteiger partial charge in [0.05, 0.1) is 11.1 Å². The summed E-state index contributed by atoms with van der Waals surface area (Å²) < 4.78 is 0. The van der Waals surface area contributed by atoms with E-state index in [9.17, 15) is 9.59 Å². The fourth-order valence-electron chi connectivity index (χ4n) is 1.74. The topological polar surface area (TPSA) is 37.4 Å². The Morgan fingerprint density at radius 3 is 2.25 bits per heavy atom. The molecule has 16 heavy (non-hydrogen) atoms. The van der Waals surface area contributed by atoms with Crippen molar-refractivity contribution >= 4 is 11.8 Å². The molecule has 0 N–H and O–H groups in total. The lowest BCUT2D eigenvalue weighted by atomic mass is 10.1. The van der Waals surface area contributed by atoms with Gasteiger partial charge in [-0.25, -0.2) is 0 Å². The van der Waals surface area contributed by atoms with E-state index in [1.165, 1.54) is 4.90 Å². The summed E-state index contributed by atoms with van der Waals surface area (Å²) in [4.78, 5) is 25.0. The highest BCUT2D eigenvalue weighted by atomic mass is 16.2. The zero-order chi connectivity index (χ0) is 11.5. The van der Waals surface area contributed by atoms with Crippen LogP contribution < -0.4 is 0 Å². The molecule has 3 nitrogen and oxygen atoms in total. The van der Waals surface area contributed by atoms with Crippen LogP contribution in [-0.4, -0.2) is 23.3 Å². The van der Waals surface area contributed by atoms with Crippen LogP contribution in [0.25, 0.3) is 0 Å². The van der Waals surface area contributed by atoms with E-state index in [-0.39, 0.29) is 11.8 Å². The lowest BCUT2D eigenvalue weighted by Gasteiger charge is -2.11. The van der Waals surface area contributed by atoms with Gasteiger partial charge in [0.15, 0.2) is 0 Å². The number of carbonyl (C=O) groups is 2. The van der Waals surface area contributed by atoms with Gasteiger partial charge in [-0.15, -0.1) is 5.73 Å². The fourth-order valence-corrected chi connectivity index (χ4v) is 1.74. The van der Waals surface area contributed by atoms with Gasteiger partial charge in [0, 0.05) is 6.54 Å². The van der Waals surface area contributed by atoms with Crippen molar-refractivity contribution in [3.05, 3.63) is 53.8 Å². The fraction of sp³-hybridized carbons (Fsp3) is 0.154. The minimum absolute atomic E-state index is 0.210. The first-order chi connectivity index (χ1) is 7.75. The molecule has 3 heteroatoms. The Labute approximate surface area is 93.7 Å². The Kier molecular flexibility index (Phi) is 2.71. The van der Waals surface area contributed by atoms with E-state index in [0.29, 0.717) is 24.1 Å². The van der Waals surface area contributed by atoms with E-state index < -0.39 is 0 Å². The second-order valence-electron chi connectivity index (χ2n) is 3.50. The van der Waals surface area contributed by atoms with Gasteiger partial charge in [0.1, 0.15) is 0 Å². The van der Waals surface area contributed by atoms with Crippen LogP contribution in [0.2, 0.25) is 0 Å². The Morgan fingerprint density at radius 2 is 1.75 bits per heavy atom. The minimum atomic E-state index is -0.210. The predicted molar refractivity (Wildman–Crippen MR) is 60.1 cm³/mol. The molecule has 0 saturated heterocycles. The average Bonchev–Trinajstić information content (AvgIpc) is 2.55. The number of rotatable bonds is 3. The second-order valence-corrected chi connectivity index (χ2v) is 3.50. The first-order valence-electron chi connectivity index (χ1n) is 5.05. The Hall–Kier alpha value is -2.12. The number of imide groups is 1. The number of hydrogen-bond acceptors (Lipinski definition) is 2. The van der Waals surface area contributed by atoms with Gasteiger partial charge in [-0.3, -0.25) is 14.5 Å². The molecule has 1 aromatic rings. The highest BCUT2D eigenvalue weighted by Crippen LogP contribution is 2.22. The minimum Gasteiger partial charge on any atom is -0.274 e. The zero-order valence-electron chi connectivity index (χ0n) is 8.77. The average molecular weight is 213 g/mol. The monoisotopic (exact) mass is 213 g/mol. The zero-order valence-corrected chi connectivity index (χ0v) is 8.77. The van der Waals surface area contributed by atoms with Crippen LogP contribution >= 0.6 is 0 Å². The lowest BCUT2D eigenvalue weighted by molar-refractivity contribution is 0.0657. The molecule has 0 radical (unpaired) electrons. The van der Waals surface area contributed by atoms with Crippen molar-refractivity contribution in [2.45, 2.75) is 6.42 Å². The molecule has 0 bridgehead atoms. The van der Waals surface area contributed by atoms with Gasteiger partial charge in [-0.1, -0.05) is 18.7 Å². The molecule has 0 atom stereocenters. The van der Waals surface area contributed by atoms with Crippen LogP contribution in [0, 0.1) is 0 Å². The number of carbonyl (C=O) groups excluding carboxylic acids is 2. The molecule has 80 valence electrons. The third kappa shape index (κ3) is 1.58. The highest BCUT2D eigenvalue weighted by molar-refractivity contribution is 6.21. The van der Waals surface area contributed by atoms with Crippen molar-refractivity contribution in [1.82, 2.24) is 4.90 Å². The maximum Gasteiger partial charge on any atom is 0.261 e. The molecule has 1 aliphatic heterocycles. The smallest absolute Gasteiger partial charge is 0.261 e. The van der Waals surface area contributed by atoms with Gasteiger partial charge < -0.3 is 0 Å². The summed E-state index contributed by atoms with van der Waals surface area (Å²) in [6.07, 6.45) is 2.30. The van der Waals surface area contributed by atoms with Crippen molar-refractivity contribution in [3.63, 3.8) is 0 Å². The predicted octanol–water partition coefficient (Wildman–Crippen LogP) is 2.01. The Balaban J connectivity index is 2.24. The van der Waals surface area contributed by atoms with Crippen molar-refractivity contribution in [3.8, 4) is 0 Å². The Bertz CT molecular complexity index is 463. The third-order valence-electron chi connectivity index (χ3n) is 2.52. The SMILES string of the molecule is C=C=CCCN1C(=O)c2ccccc2C1=O. The summed E-state index contributed by atoms with van der Waals surface area (Å²) in [7, 11) is 0. The number of nitrogens with zero attached hydrogens (tertiary/aromatic N) is 1. The first-order valence-corrected chi connectivity index (χ1v) is 5.05. The molecule has 1 heterocycles. The molecule has 0 unspecified atom stereocenters. The summed E-state index contributed by atoms with van der Waals surface area (Å²) in [5.74, 6) is -0.420. The molecule has 1 aliphatic rings. The van der Waals surface area contributed by atoms with Gasteiger partial charge in [-0.05, 0) is 24.6 Å². The summed E-state index contributed by atoms with van der Waals surface area (Å²) in [5.41, 5.74) is 3.61. The van der Waals surface area contributed by atoms with Crippen molar-refractivity contribution in [1.29, 1.82) is 0 Å². The van der Waals surface area contributed by atoms with Crippen LogP contribution in [0.4, 0.5) is 0 Å². The maximum atomic E-state index is 11.9. The standard InChI is InChI=1S/C13H11NO2/c1-2-3-6-9-14-12(15)10-7-4-5-8-11(10)13(14)16/h3-5,7-8H,1,6,9H2. The largest absolute Gasteiger partial charge is 0.274 e. The summed E-state index contributed by atoms with van der Waals surface area (Å²) in [6.45, 7) is 3.82. The van der Waals surface area contributed by atoms with E-state index in [2.05, 4.69) is 12.3 Å². The molecule has 0 spiro atoms. The first kappa shape index (κ1) is 10.4. The molecule has 1 aromatic carbocycles. The number of benzene rings is 1. The normalized spacial score (nSPS) is 13.6. The lowest BCUT2D eigenvalue weighted by Crippen LogP contribution is -2.30. The van der Waals surface area contributed by atoms with Crippen LogP contribution in [0.5, 0.6) is 0 Å². The maximum absolute atomic E-state index is 11.9. The van der Waals surface area contributed by atoms with E-state index in [0.717, 1.165) is 0 Å². The molecule has 0 aromatic heterocycles. The number of amides is 2. The molecule has 2 rings (SSSR count). The summed E-state index contributed by atoms with van der Waals surface area (Å²) in [5, 5.41) is 0. The summed E-state index contributed by atoms with van der Waals surface area (Å²) >= 11 is 0. The van der Waals surface area contributed by atoms with Gasteiger partial charge in [-0.2, -0.15) is 0 Å². The quantitative estimate of drug-likeness (QED) is 0.569. The highest BCUT2D eigenvalue weighted by Gasteiger charge is 2.34. The van der Waals surface area contributed by atoms with E-state index >= 15 is 0 Å². The molecular formula is C13H11NO2. The molecule has 0 fully saturated rings. The van der Waals surface area contributed by atoms with Crippen molar-refractivity contribution in [2.24, 2.45) is 0 Å². The Morgan fingerprint density at radius 1 is 1.19 bits per heavy atom. The molecule has 0 aliphatic carbocycles. The molecule has 2 amide bonds. The van der Waals surface area contributed by atoms with Crippen LogP contribution in [-0.2, 0) is 0 Å². The van der Waals surface area contributed by atoms with Crippen molar-refractivity contribution in [2.75, 3.05) is 6.54 Å². The van der Waals surface area contributed by atoms with E-state index in [1.54, 1.807) is 30.3 Å².